The van der Waals surface area contributed by atoms with Crippen LogP contribution in [-0.2, 0) is 97.3 Å². The minimum absolute atomic E-state index is 0. The number of rotatable bonds is 35. The largest absolute Gasteiger partial charge is 0.481 e. The number of nitrogens with two attached hydrogens (primary N) is 2. The van der Waals surface area contributed by atoms with Crippen LogP contribution in [0.1, 0.15) is 137 Å². The standard InChI is InChI=1S/C25H30Cl2N2O5.C21H24Cl2N2O3.C19H21Cl2N3O3.C14H11Cl2NO2.C8H14O4.C3H9NO.ClH/c1-16(28-21(30)12-13-22(31)34-25(2,3)4)15-33-23(32)14-17-8-5-6-11-20(17)29-24-18(26)9-7-10-19(24)27;1-3-7-19(26)24-14(2)13-28-20(27)12-15-8-4-5-11-18(15)25-21-16(22)9-6-10-17(21)23;1-12(23-17(25)10-22)11-27-18(26)9-13-5-2-3-8-16(13)24-19-14(20)6-4-7-15(19)21;15-10-5-3-6-11(16)14(10)17-12-7-2-1-4-9(12)8-13(18)19;1-8(2,3)12-7(11)5-4-6(9)10;1-3(4)2-5;/h5-11,16,29H,12-15H2,1-4H3,(H,28,30);4-6,8-11,14,25H,3,7,12-13H2,1-2H3,(H,24,26);2-8,12,24H,9-11,22H2,1H3,(H,23,25);1-7,17H,8H2,(H,18,19);4-5H2,1-3H3,(H,9,10);3,5H,2,4H2,1H3;1H. The highest BCUT2D eigenvalue weighted by molar-refractivity contribution is 6.41. The van der Waals surface area contributed by atoms with E-state index in [1.165, 1.54) is 0 Å². The molecule has 0 heterocycles. The smallest absolute Gasteiger partial charge is 0.310 e. The monoisotopic (exact) mass is 1920 g/mol. The van der Waals surface area contributed by atoms with Crippen LogP contribution < -0.4 is 48.7 Å². The summed E-state index contributed by atoms with van der Waals surface area (Å²) in [6, 6.07) is 48.9. The maximum atomic E-state index is 12.4. The quantitative estimate of drug-likeness (QED) is 0.0130. The van der Waals surface area contributed by atoms with Crippen LogP contribution in [0.5, 0.6) is 0 Å². The molecule has 14 N–H and O–H groups in total. The molecule has 36 heteroatoms. The van der Waals surface area contributed by atoms with E-state index in [1.807, 2.05) is 79.7 Å². The number of carbonyl (C=O) groups excluding carboxylic acids is 8. The summed E-state index contributed by atoms with van der Waals surface area (Å²) in [5, 5.41) is 49.7. The molecular weight excluding hydrogens is 1810 g/mol. The number of carboxylic acids is 2. The molecule has 0 aliphatic rings. The summed E-state index contributed by atoms with van der Waals surface area (Å²) in [6.45, 7) is 19.6. The lowest BCUT2D eigenvalue weighted by molar-refractivity contribution is -0.157. The van der Waals surface area contributed by atoms with Crippen molar-refractivity contribution in [2.45, 2.75) is 176 Å². The number of carbonyl (C=O) groups is 10. The molecule has 4 unspecified atom stereocenters. The molecule has 27 nitrogen and oxygen atoms in total. The number of nitrogens with one attached hydrogen (secondary N) is 7. The molecule has 0 radical (unpaired) electrons. The number of halogens is 9. The lowest BCUT2D eigenvalue weighted by atomic mass is 10.1. The van der Waals surface area contributed by atoms with Crippen molar-refractivity contribution in [1.82, 2.24) is 16.0 Å². The molecule has 0 spiro atoms. The number of anilines is 8. The van der Waals surface area contributed by atoms with Gasteiger partial charge in [0.15, 0.2) is 0 Å². The molecule has 0 saturated carbocycles. The summed E-state index contributed by atoms with van der Waals surface area (Å²) in [5.74, 6) is -4.69. The van der Waals surface area contributed by atoms with E-state index in [1.54, 1.807) is 166 Å². The van der Waals surface area contributed by atoms with Crippen LogP contribution in [0.25, 0.3) is 0 Å². The van der Waals surface area contributed by atoms with Gasteiger partial charge in [-0.1, -0.05) is 197 Å². The van der Waals surface area contributed by atoms with Crippen molar-refractivity contribution in [3.63, 3.8) is 0 Å². The highest BCUT2D eigenvalue weighted by Crippen LogP contribution is 2.38. The number of amides is 3. The van der Waals surface area contributed by atoms with E-state index in [0.717, 1.165) is 23.2 Å². The zero-order valence-electron chi connectivity index (χ0n) is 71.6. The normalized spacial score (nSPS) is 11.4. The maximum Gasteiger partial charge on any atom is 0.310 e. The number of carboxylic acid groups (broad SMARTS) is 2. The van der Waals surface area contributed by atoms with Crippen LogP contribution in [0.15, 0.2) is 170 Å². The molecule has 8 aromatic rings. The predicted octanol–water partition coefficient (Wildman–Crippen LogP) is 19.2. The Hall–Kier alpha value is -9.85. The first kappa shape index (κ1) is 112. The predicted molar refractivity (Wildman–Crippen MR) is 503 cm³/mol. The molecule has 0 fully saturated rings. The van der Waals surface area contributed by atoms with Gasteiger partial charge in [0.2, 0.25) is 17.7 Å². The molecule has 8 aromatic carbocycles. The van der Waals surface area contributed by atoms with Gasteiger partial charge in [0.05, 0.1) is 139 Å². The van der Waals surface area contributed by atoms with E-state index in [-0.39, 0.29) is 139 Å². The summed E-state index contributed by atoms with van der Waals surface area (Å²) in [5.41, 5.74) is 17.1. The topological polar surface area (TPSA) is 414 Å². The Bertz CT molecular complexity index is 4760. The molecule has 4 atom stereocenters. The fraction of sp³-hybridized carbons (Fsp3) is 0.356. The van der Waals surface area contributed by atoms with Crippen molar-refractivity contribution >= 4 is 210 Å². The van der Waals surface area contributed by atoms with E-state index in [2.05, 4.69) is 37.2 Å². The molecule has 0 saturated heterocycles. The number of ether oxygens (including phenoxy) is 5. The lowest BCUT2D eigenvalue weighted by Gasteiger charge is -2.19. The molecule has 126 heavy (non-hydrogen) atoms. The Morgan fingerprint density at radius 2 is 0.603 bits per heavy atom. The Morgan fingerprint density at radius 3 is 0.841 bits per heavy atom. The summed E-state index contributed by atoms with van der Waals surface area (Å²) in [4.78, 5) is 115. The summed E-state index contributed by atoms with van der Waals surface area (Å²) < 4.78 is 25.9. The second-order valence-electron chi connectivity index (χ2n) is 29.8. The van der Waals surface area contributed by atoms with E-state index >= 15 is 0 Å². The van der Waals surface area contributed by atoms with Crippen LogP contribution in [0.3, 0.4) is 0 Å². The minimum Gasteiger partial charge on any atom is -0.481 e. The zero-order valence-corrected chi connectivity index (χ0v) is 78.5. The average Bonchev–Trinajstić information content (AvgIpc) is 0.848. The van der Waals surface area contributed by atoms with Gasteiger partial charge in [0.1, 0.15) is 31.0 Å². The van der Waals surface area contributed by atoms with E-state index in [4.69, 9.17) is 143 Å². The molecule has 686 valence electrons. The van der Waals surface area contributed by atoms with Gasteiger partial charge < -0.3 is 87.7 Å². The number of hydrogen-bond acceptors (Lipinski definition) is 22. The van der Waals surface area contributed by atoms with Gasteiger partial charge >= 0.3 is 41.8 Å². The number of para-hydroxylation sites is 8. The number of aliphatic hydroxyl groups is 1. The minimum atomic E-state index is -0.985. The van der Waals surface area contributed by atoms with Gasteiger partial charge in [-0.25, -0.2) is 0 Å². The van der Waals surface area contributed by atoms with Gasteiger partial charge in [-0.3, -0.25) is 47.9 Å². The third-order valence-electron chi connectivity index (χ3n) is 15.9. The fourth-order valence-electron chi connectivity index (χ4n) is 10.2. The van der Waals surface area contributed by atoms with Crippen LogP contribution >= 0.6 is 105 Å². The molecule has 0 aliphatic heterocycles. The average molecular weight is 1920 g/mol. The summed E-state index contributed by atoms with van der Waals surface area (Å²) >= 11 is 49.4. The second-order valence-corrected chi connectivity index (χ2v) is 33.0. The molecule has 8 rings (SSSR count). The highest BCUT2D eigenvalue weighted by Gasteiger charge is 2.23. The first-order chi connectivity index (χ1) is 58.9. The van der Waals surface area contributed by atoms with Crippen molar-refractivity contribution in [3.8, 4) is 0 Å². The zero-order chi connectivity index (χ0) is 93.5. The Morgan fingerprint density at radius 1 is 0.357 bits per heavy atom. The Balaban J connectivity index is 0.000000540. The maximum absolute atomic E-state index is 12.4. The number of aliphatic hydroxyl groups excluding tert-OH is 1. The van der Waals surface area contributed by atoms with E-state index in [0.29, 0.717) is 97.5 Å². The summed E-state index contributed by atoms with van der Waals surface area (Å²) in [6.07, 6.45) is 1.08. The number of aliphatic carboxylic acids is 2. The third kappa shape index (κ3) is 47.1. The van der Waals surface area contributed by atoms with Crippen LogP contribution in [-0.4, -0.2) is 143 Å². The molecule has 0 aliphatic carbocycles. The highest BCUT2D eigenvalue weighted by atomic mass is 35.5. The fourth-order valence-corrected chi connectivity index (χ4v) is 12.2. The number of esters is 5. The van der Waals surface area contributed by atoms with Crippen molar-refractivity contribution in [2.75, 3.05) is 54.2 Å². The van der Waals surface area contributed by atoms with Crippen molar-refractivity contribution in [1.29, 1.82) is 0 Å². The van der Waals surface area contributed by atoms with Gasteiger partial charge in [-0.05, 0) is 171 Å². The number of hydrogen-bond donors (Lipinski definition) is 12. The van der Waals surface area contributed by atoms with Gasteiger partial charge in [0, 0.05) is 41.6 Å². The van der Waals surface area contributed by atoms with Gasteiger partial charge in [-0.2, -0.15) is 0 Å². The van der Waals surface area contributed by atoms with Crippen molar-refractivity contribution in [2.24, 2.45) is 11.5 Å². The molecule has 3 amide bonds. The molecule has 0 bridgehead atoms. The van der Waals surface area contributed by atoms with Crippen LogP contribution in [0, 0.1) is 0 Å². The first-order valence-corrected chi connectivity index (χ1v) is 42.4. The number of benzene rings is 8. The van der Waals surface area contributed by atoms with E-state index < -0.39 is 53.1 Å². The molecule has 0 aromatic heterocycles. The second kappa shape index (κ2) is 59.2. The van der Waals surface area contributed by atoms with Crippen molar-refractivity contribution in [3.05, 3.63) is 232 Å². The van der Waals surface area contributed by atoms with Crippen LogP contribution in [0.2, 0.25) is 40.2 Å². The van der Waals surface area contributed by atoms with Gasteiger partial charge in [-0.15, -0.1) is 12.4 Å². The molecular formula is C90H110Cl9N9O18. The first-order valence-electron chi connectivity index (χ1n) is 39.4. The Kier molecular flexibility index (Phi) is 52.8. The van der Waals surface area contributed by atoms with Crippen molar-refractivity contribution < 1.29 is 86.9 Å². The Labute approximate surface area is 781 Å². The third-order valence-corrected chi connectivity index (χ3v) is 18.4. The van der Waals surface area contributed by atoms with Crippen LogP contribution in [0.4, 0.5) is 45.5 Å². The van der Waals surface area contributed by atoms with Gasteiger partial charge in [0.25, 0.3) is 0 Å². The lowest BCUT2D eigenvalue weighted by Crippen LogP contribution is -2.40. The SMILES string of the molecule is CC(C)(C)OC(=O)CCC(=O)O.CC(COC(=O)Cc1ccccc1Nc1c(Cl)cccc1Cl)NC(=O)CCC(=O)OC(C)(C)C.CC(COC(=O)Cc1ccccc1Nc1c(Cl)cccc1Cl)NC(=O)CN.CC(N)CO.CCCC(=O)NC(C)COC(=O)Cc1ccccc1Nc1c(Cl)cccc1Cl.Cl.O=C(O)Cc1ccccc1Nc1c(Cl)cccc1Cl. The van der Waals surface area contributed by atoms with E-state index in [9.17, 15) is 47.9 Å². The summed E-state index contributed by atoms with van der Waals surface area (Å²) in [7, 11) is 0.